The topological polar surface area (TPSA) is 6.25 Å². The van der Waals surface area contributed by atoms with Gasteiger partial charge in [0.25, 0.3) is 0 Å². The Morgan fingerprint density at radius 3 is 2.19 bits per heavy atom. The van der Waals surface area contributed by atoms with Crippen LogP contribution in [0.3, 0.4) is 0 Å². The number of hydrogen-bond acceptors (Lipinski definition) is 1. The van der Waals surface area contributed by atoms with Gasteiger partial charge in [-0.1, -0.05) is 101 Å². The first-order chi connectivity index (χ1) is 24.9. The SMILES string of the molecule is CCCCCN1/C(=C/C=C2\CCCC(/C=C/C3=[N+](CCCCC)c4ccc(C)cc4C3(C)C)=C2c2ccc(C)c(F)c2)C(C)(C)c2cc(C)ccc21. The highest BCUT2D eigenvalue weighted by molar-refractivity contribution is 6.03. The minimum Gasteiger partial charge on any atom is -0.344 e. The van der Waals surface area contributed by atoms with Crippen LogP contribution in [0.2, 0.25) is 0 Å². The van der Waals surface area contributed by atoms with Gasteiger partial charge in [-0.15, -0.1) is 0 Å². The summed E-state index contributed by atoms with van der Waals surface area (Å²) >= 11 is 0. The molecule has 0 radical (unpaired) electrons. The number of allylic oxidation sites excluding steroid dienone is 8. The number of unbranched alkanes of at least 4 members (excludes halogenated alkanes) is 4. The summed E-state index contributed by atoms with van der Waals surface area (Å²) in [6, 6.07) is 19.8. The molecular formula is C49H62FN2+. The molecule has 0 saturated heterocycles. The van der Waals surface area contributed by atoms with E-state index in [9.17, 15) is 0 Å². The van der Waals surface area contributed by atoms with Gasteiger partial charge in [0.15, 0.2) is 5.71 Å². The lowest BCUT2D eigenvalue weighted by Gasteiger charge is -2.28. The Morgan fingerprint density at radius 2 is 1.46 bits per heavy atom. The number of benzene rings is 3. The van der Waals surface area contributed by atoms with Crippen molar-refractivity contribution in [3.8, 4) is 0 Å². The van der Waals surface area contributed by atoms with Crippen molar-refractivity contribution in [2.24, 2.45) is 0 Å². The average Bonchev–Trinajstić information content (AvgIpc) is 3.45. The van der Waals surface area contributed by atoms with Gasteiger partial charge in [-0.3, -0.25) is 0 Å². The summed E-state index contributed by atoms with van der Waals surface area (Å²) in [5.74, 6) is -0.138. The van der Waals surface area contributed by atoms with Crippen LogP contribution in [0.4, 0.5) is 15.8 Å². The van der Waals surface area contributed by atoms with Gasteiger partial charge in [-0.05, 0) is 124 Å². The van der Waals surface area contributed by atoms with Crippen molar-refractivity contribution < 1.29 is 8.97 Å². The number of aryl methyl sites for hydroxylation is 3. The number of hydrogen-bond donors (Lipinski definition) is 0. The van der Waals surface area contributed by atoms with Crippen molar-refractivity contribution >= 4 is 22.7 Å². The van der Waals surface area contributed by atoms with Crippen LogP contribution in [0.25, 0.3) is 5.57 Å². The van der Waals surface area contributed by atoms with Crippen LogP contribution in [0.15, 0.2) is 95.7 Å². The van der Waals surface area contributed by atoms with Crippen LogP contribution in [0, 0.1) is 26.6 Å². The van der Waals surface area contributed by atoms with E-state index in [1.807, 2.05) is 13.0 Å². The second-order valence-electron chi connectivity index (χ2n) is 16.7. The van der Waals surface area contributed by atoms with Gasteiger partial charge < -0.3 is 4.90 Å². The van der Waals surface area contributed by atoms with Crippen LogP contribution in [0.1, 0.15) is 133 Å². The lowest BCUT2D eigenvalue weighted by atomic mass is 9.79. The van der Waals surface area contributed by atoms with Gasteiger partial charge >= 0.3 is 0 Å². The molecule has 0 N–H and O–H groups in total. The first-order valence-electron chi connectivity index (χ1n) is 20.1. The summed E-state index contributed by atoms with van der Waals surface area (Å²) in [5.41, 5.74) is 16.1. The fourth-order valence-electron chi connectivity index (χ4n) is 8.84. The van der Waals surface area contributed by atoms with Crippen molar-refractivity contribution in [2.45, 2.75) is 131 Å². The molecule has 2 nitrogen and oxygen atoms in total. The van der Waals surface area contributed by atoms with Gasteiger partial charge in [-0.2, -0.15) is 4.58 Å². The molecule has 0 bridgehead atoms. The largest absolute Gasteiger partial charge is 0.344 e. The molecule has 0 aromatic heterocycles. The Labute approximate surface area is 314 Å². The van der Waals surface area contributed by atoms with Crippen molar-refractivity contribution in [2.75, 3.05) is 18.0 Å². The number of nitrogens with zero attached hydrogens (tertiary/aromatic N) is 2. The third-order valence-electron chi connectivity index (χ3n) is 11.9. The highest BCUT2D eigenvalue weighted by atomic mass is 19.1. The zero-order chi connectivity index (χ0) is 37.2. The van der Waals surface area contributed by atoms with E-state index in [4.69, 9.17) is 0 Å². The van der Waals surface area contributed by atoms with E-state index in [0.29, 0.717) is 5.56 Å². The summed E-state index contributed by atoms with van der Waals surface area (Å²) in [7, 11) is 0. The van der Waals surface area contributed by atoms with Crippen molar-refractivity contribution in [1.82, 2.24) is 0 Å². The van der Waals surface area contributed by atoms with Crippen molar-refractivity contribution in [1.29, 1.82) is 0 Å². The van der Waals surface area contributed by atoms with E-state index >= 15 is 4.39 Å². The molecule has 52 heavy (non-hydrogen) atoms. The molecule has 0 unspecified atom stereocenters. The van der Waals surface area contributed by atoms with E-state index in [-0.39, 0.29) is 16.6 Å². The van der Waals surface area contributed by atoms with Gasteiger partial charge in [0.2, 0.25) is 5.69 Å². The molecule has 6 rings (SSSR count). The number of rotatable bonds is 12. The van der Waals surface area contributed by atoms with Gasteiger partial charge in [-0.25, -0.2) is 4.39 Å². The second kappa shape index (κ2) is 15.6. The predicted molar refractivity (Wildman–Crippen MR) is 222 cm³/mol. The molecule has 0 saturated carbocycles. The monoisotopic (exact) mass is 697 g/mol. The Hall–Kier alpha value is -3.98. The Bertz CT molecular complexity index is 1980. The maximum atomic E-state index is 15.3. The smallest absolute Gasteiger partial charge is 0.209 e. The summed E-state index contributed by atoms with van der Waals surface area (Å²) in [4.78, 5) is 2.57. The minimum absolute atomic E-state index is 0.110. The normalized spacial score (nSPS) is 19.5. The van der Waals surface area contributed by atoms with Crippen molar-refractivity contribution in [3.05, 3.63) is 135 Å². The predicted octanol–water partition coefficient (Wildman–Crippen LogP) is 13.3. The Morgan fingerprint density at radius 1 is 0.750 bits per heavy atom. The van der Waals surface area contributed by atoms with Crippen LogP contribution < -0.4 is 4.90 Å². The second-order valence-corrected chi connectivity index (χ2v) is 16.7. The number of halogens is 1. The molecule has 3 aromatic rings. The maximum absolute atomic E-state index is 15.3. The summed E-state index contributed by atoms with van der Waals surface area (Å²) < 4.78 is 17.9. The summed E-state index contributed by atoms with van der Waals surface area (Å²) in [5, 5.41) is 0. The van der Waals surface area contributed by atoms with Crippen LogP contribution in [0.5, 0.6) is 0 Å². The van der Waals surface area contributed by atoms with Crippen LogP contribution in [-0.4, -0.2) is 23.4 Å². The molecule has 274 valence electrons. The molecule has 2 aliphatic heterocycles. The van der Waals surface area contributed by atoms with E-state index < -0.39 is 0 Å². The molecular weight excluding hydrogens is 636 g/mol. The fourth-order valence-corrected chi connectivity index (χ4v) is 8.84. The van der Waals surface area contributed by atoms with Crippen LogP contribution >= 0.6 is 0 Å². The molecule has 3 heteroatoms. The fraction of sp³-hybridized carbons (Fsp3) is 0.449. The molecule has 0 spiro atoms. The highest BCUT2D eigenvalue weighted by Gasteiger charge is 2.44. The zero-order valence-corrected chi connectivity index (χ0v) is 33.6. The van der Waals surface area contributed by atoms with Gasteiger partial charge in [0.05, 0.1) is 5.41 Å². The third-order valence-corrected chi connectivity index (χ3v) is 11.9. The van der Waals surface area contributed by atoms with Crippen LogP contribution in [-0.2, 0) is 10.8 Å². The Kier molecular flexibility index (Phi) is 11.3. The average molecular weight is 698 g/mol. The number of fused-ring (bicyclic) bond motifs is 2. The molecule has 3 aromatic carbocycles. The molecule has 0 fully saturated rings. The zero-order valence-electron chi connectivity index (χ0n) is 33.6. The lowest BCUT2D eigenvalue weighted by Crippen LogP contribution is -2.28. The highest BCUT2D eigenvalue weighted by Crippen LogP contribution is 2.49. The van der Waals surface area contributed by atoms with E-state index in [2.05, 4.69) is 132 Å². The van der Waals surface area contributed by atoms with Crippen molar-refractivity contribution in [3.63, 3.8) is 0 Å². The molecule has 0 atom stereocenters. The summed E-state index contributed by atoms with van der Waals surface area (Å²) in [6.07, 6.45) is 19.8. The first kappa shape index (κ1) is 37.8. The first-order valence-corrected chi connectivity index (χ1v) is 20.1. The lowest BCUT2D eigenvalue weighted by molar-refractivity contribution is -0.438. The van der Waals surface area contributed by atoms with E-state index in [1.165, 1.54) is 100 Å². The quantitative estimate of drug-likeness (QED) is 0.135. The molecule has 0 amide bonds. The maximum Gasteiger partial charge on any atom is 0.209 e. The van der Waals surface area contributed by atoms with E-state index in [1.54, 1.807) is 6.07 Å². The Balaban J connectivity index is 1.48. The minimum atomic E-state index is -0.138. The van der Waals surface area contributed by atoms with Gasteiger partial charge in [0.1, 0.15) is 12.4 Å². The molecule has 3 aliphatic rings. The van der Waals surface area contributed by atoms with Gasteiger partial charge in [0, 0.05) is 47.5 Å². The number of anilines is 1. The standard InChI is InChI=1S/C49H62FN2/c1-10-12-14-29-51-43-25-19-34(3)31-40(43)48(6,7)45(51)27-23-37-17-16-18-38(47(37)39-22-21-36(5)42(50)33-39)24-28-46-49(8,9)41-32-35(4)20-26-44(41)52(46)30-15-13-11-2/h19-28,31-33H,10-18,29-30H2,1-9H3/q+1. The molecule has 2 heterocycles. The third kappa shape index (κ3) is 7.30. The van der Waals surface area contributed by atoms with E-state index in [0.717, 1.165) is 37.9 Å². The molecule has 1 aliphatic carbocycles. The summed E-state index contributed by atoms with van der Waals surface area (Å²) in [6.45, 7) is 22.4.